The summed E-state index contributed by atoms with van der Waals surface area (Å²) in [5.74, 6) is -0.126. The Bertz CT molecular complexity index is 823. The Kier molecular flexibility index (Phi) is 6.54. The van der Waals surface area contributed by atoms with Gasteiger partial charge >= 0.3 is 0 Å². The Balaban J connectivity index is 2.29. The van der Waals surface area contributed by atoms with Crippen LogP contribution in [0.1, 0.15) is 33.4 Å². The third kappa shape index (κ3) is 5.47. The molecular weight excluding hydrogens is 387 g/mol. The van der Waals surface area contributed by atoms with Gasteiger partial charge in [-0.25, -0.2) is 4.68 Å². The van der Waals surface area contributed by atoms with E-state index in [4.69, 9.17) is 23.2 Å². The molecule has 0 fully saturated rings. The lowest BCUT2D eigenvalue weighted by atomic mass is 9.92. The summed E-state index contributed by atoms with van der Waals surface area (Å²) in [7, 11) is 1.54. The van der Waals surface area contributed by atoms with E-state index < -0.39 is 5.38 Å². The molecule has 0 saturated carbocycles. The van der Waals surface area contributed by atoms with Crippen molar-refractivity contribution in [1.82, 2.24) is 14.7 Å². The minimum Gasteiger partial charge on any atom is -0.335 e. The van der Waals surface area contributed by atoms with Gasteiger partial charge in [0.25, 0.3) is 0 Å². The highest BCUT2D eigenvalue weighted by Gasteiger charge is 2.23. The molecule has 2 rings (SSSR count). The van der Waals surface area contributed by atoms with Crippen LogP contribution in [0.15, 0.2) is 30.3 Å². The van der Waals surface area contributed by atoms with Crippen molar-refractivity contribution in [1.29, 1.82) is 0 Å². The van der Waals surface area contributed by atoms with Gasteiger partial charge < -0.3 is 10.2 Å². The number of anilines is 1. The number of hydrogen-bond donors (Lipinski definition) is 1. The lowest BCUT2D eigenvalue weighted by Crippen LogP contribution is -2.38. The van der Waals surface area contributed by atoms with Gasteiger partial charge in [-0.3, -0.25) is 9.59 Å². The number of alkyl halides is 1. The average Bonchev–Trinajstić information content (AvgIpc) is 2.98. The maximum Gasteiger partial charge on any atom is 0.245 e. The molecule has 0 aliphatic heterocycles. The van der Waals surface area contributed by atoms with E-state index in [0.717, 1.165) is 11.4 Å². The van der Waals surface area contributed by atoms with Crippen molar-refractivity contribution in [2.24, 2.45) is 0 Å². The van der Waals surface area contributed by atoms with E-state index in [9.17, 15) is 9.59 Å². The number of halogens is 2. The van der Waals surface area contributed by atoms with E-state index >= 15 is 0 Å². The number of benzene rings is 1. The highest BCUT2D eigenvalue weighted by Crippen LogP contribution is 2.26. The van der Waals surface area contributed by atoms with Gasteiger partial charge in [0.1, 0.15) is 11.2 Å². The number of amides is 2. The molecule has 1 N–H and O–H groups in total. The summed E-state index contributed by atoms with van der Waals surface area (Å²) in [6.07, 6.45) is 0. The molecule has 1 atom stereocenters. The Hall–Kier alpha value is -2.05. The molecule has 0 spiro atoms. The Morgan fingerprint density at radius 3 is 2.37 bits per heavy atom. The Morgan fingerprint density at radius 2 is 1.85 bits per heavy atom. The normalized spacial score (nSPS) is 12.6. The highest BCUT2D eigenvalue weighted by molar-refractivity contribution is 6.30. The van der Waals surface area contributed by atoms with Crippen molar-refractivity contribution in [3.63, 3.8) is 0 Å². The zero-order chi connectivity index (χ0) is 20.4. The van der Waals surface area contributed by atoms with Crippen LogP contribution >= 0.6 is 23.2 Å². The van der Waals surface area contributed by atoms with Crippen LogP contribution in [0.2, 0.25) is 5.02 Å². The lowest BCUT2D eigenvalue weighted by Gasteiger charge is -2.18. The fourth-order valence-corrected chi connectivity index (χ4v) is 2.69. The molecule has 1 aromatic heterocycles. The van der Waals surface area contributed by atoms with Crippen LogP contribution in [0.25, 0.3) is 5.69 Å². The fourth-order valence-electron chi connectivity index (χ4n) is 2.40. The maximum absolute atomic E-state index is 12.4. The van der Waals surface area contributed by atoms with Gasteiger partial charge in [-0.15, -0.1) is 11.6 Å². The second-order valence-corrected chi connectivity index (χ2v) is 8.50. The number of nitrogens with one attached hydrogen (secondary N) is 1. The maximum atomic E-state index is 12.4. The third-order valence-corrected chi connectivity index (χ3v) is 4.35. The van der Waals surface area contributed by atoms with Crippen molar-refractivity contribution in [2.75, 3.05) is 18.9 Å². The highest BCUT2D eigenvalue weighted by atomic mass is 35.5. The van der Waals surface area contributed by atoms with E-state index in [0.29, 0.717) is 10.8 Å². The number of likely N-dealkylation sites (N-methyl/N-ethyl adjacent to an activating group) is 1. The molecule has 6 nitrogen and oxygen atoms in total. The summed E-state index contributed by atoms with van der Waals surface area (Å²) in [5.41, 5.74) is 1.40. The van der Waals surface area contributed by atoms with Crippen LogP contribution in [0.3, 0.4) is 0 Å². The average molecular weight is 411 g/mol. The van der Waals surface area contributed by atoms with Crippen LogP contribution in [0.4, 0.5) is 5.82 Å². The molecular formula is C19H24Cl2N4O2. The number of aromatic nitrogens is 2. The topological polar surface area (TPSA) is 67.2 Å². The first kappa shape index (κ1) is 21.3. The van der Waals surface area contributed by atoms with E-state index in [1.807, 2.05) is 39.0 Å². The third-order valence-electron chi connectivity index (χ3n) is 3.91. The van der Waals surface area contributed by atoms with Crippen molar-refractivity contribution < 1.29 is 9.59 Å². The first-order valence-corrected chi connectivity index (χ1v) is 9.36. The SMILES string of the molecule is C[C@@H](Cl)C(=O)N(C)CC(=O)Nc1cc(C(C)(C)C)nn1-c1ccc(Cl)cc1. The summed E-state index contributed by atoms with van der Waals surface area (Å²) in [6.45, 7) is 7.60. The van der Waals surface area contributed by atoms with Crippen LogP contribution < -0.4 is 5.32 Å². The van der Waals surface area contributed by atoms with Gasteiger partial charge in [-0.1, -0.05) is 32.4 Å². The fraction of sp³-hybridized carbons (Fsp3) is 0.421. The second-order valence-electron chi connectivity index (χ2n) is 7.41. The minimum absolute atomic E-state index is 0.105. The summed E-state index contributed by atoms with van der Waals surface area (Å²) < 4.78 is 1.65. The predicted octanol–water partition coefficient (Wildman–Crippen LogP) is 3.85. The number of nitrogens with zero attached hydrogens (tertiary/aromatic N) is 3. The Morgan fingerprint density at radius 1 is 1.26 bits per heavy atom. The summed E-state index contributed by atoms with van der Waals surface area (Å²) in [4.78, 5) is 25.6. The molecule has 0 aliphatic rings. The van der Waals surface area contributed by atoms with Crippen molar-refractivity contribution in [3.8, 4) is 5.69 Å². The molecule has 2 amide bonds. The van der Waals surface area contributed by atoms with Gasteiger partial charge in [0.05, 0.1) is 17.9 Å². The quantitative estimate of drug-likeness (QED) is 0.761. The second kappa shape index (κ2) is 8.31. The van der Waals surface area contributed by atoms with Crippen LogP contribution in [-0.2, 0) is 15.0 Å². The monoisotopic (exact) mass is 410 g/mol. The predicted molar refractivity (Wildman–Crippen MR) is 109 cm³/mol. The van der Waals surface area contributed by atoms with Crippen molar-refractivity contribution in [3.05, 3.63) is 41.0 Å². The molecule has 0 bridgehead atoms. The van der Waals surface area contributed by atoms with E-state index in [1.54, 1.807) is 23.7 Å². The molecule has 2 aromatic rings. The first-order valence-electron chi connectivity index (χ1n) is 8.54. The molecule has 0 radical (unpaired) electrons. The zero-order valence-electron chi connectivity index (χ0n) is 16.1. The van der Waals surface area contributed by atoms with Gasteiger partial charge in [0, 0.05) is 23.6 Å². The molecule has 27 heavy (non-hydrogen) atoms. The van der Waals surface area contributed by atoms with E-state index in [1.165, 1.54) is 11.9 Å². The van der Waals surface area contributed by atoms with Crippen LogP contribution in [0, 0.1) is 0 Å². The lowest BCUT2D eigenvalue weighted by molar-refractivity contribution is -0.132. The number of carbonyl (C=O) groups is 2. The van der Waals surface area contributed by atoms with Crippen LogP contribution in [-0.4, -0.2) is 45.5 Å². The molecule has 0 aliphatic carbocycles. The minimum atomic E-state index is -0.685. The van der Waals surface area contributed by atoms with Gasteiger partial charge in [0.2, 0.25) is 11.8 Å². The van der Waals surface area contributed by atoms with Gasteiger partial charge in [-0.2, -0.15) is 5.10 Å². The van der Waals surface area contributed by atoms with Gasteiger partial charge in [-0.05, 0) is 31.2 Å². The largest absolute Gasteiger partial charge is 0.335 e. The van der Waals surface area contributed by atoms with Gasteiger partial charge in [0.15, 0.2) is 0 Å². The molecule has 146 valence electrons. The smallest absolute Gasteiger partial charge is 0.245 e. The number of hydrogen-bond acceptors (Lipinski definition) is 3. The van der Waals surface area contributed by atoms with E-state index in [-0.39, 0.29) is 23.8 Å². The van der Waals surface area contributed by atoms with E-state index in [2.05, 4.69) is 10.4 Å². The first-order chi connectivity index (χ1) is 12.5. The molecule has 1 heterocycles. The molecule has 1 aromatic carbocycles. The number of carbonyl (C=O) groups excluding carboxylic acids is 2. The molecule has 0 saturated heterocycles. The van der Waals surface area contributed by atoms with Crippen molar-refractivity contribution >= 4 is 40.8 Å². The zero-order valence-corrected chi connectivity index (χ0v) is 17.6. The molecule has 8 heteroatoms. The van der Waals surface area contributed by atoms with Crippen molar-refractivity contribution in [2.45, 2.75) is 38.5 Å². The molecule has 0 unspecified atom stereocenters. The summed E-state index contributed by atoms with van der Waals surface area (Å²) in [5, 5.41) is 7.40. The summed E-state index contributed by atoms with van der Waals surface area (Å²) in [6, 6.07) is 8.99. The number of rotatable bonds is 5. The standard InChI is InChI=1S/C19H24Cl2N4O2/c1-12(20)18(27)24(5)11-17(26)22-16-10-15(19(2,3)4)23-25(16)14-8-6-13(21)7-9-14/h6-10,12H,11H2,1-5H3,(H,22,26)/t12-/m1/s1. The Labute approximate surface area is 169 Å². The summed E-state index contributed by atoms with van der Waals surface area (Å²) >= 11 is 11.8. The van der Waals surface area contributed by atoms with Crippen LogP contribution in [0.5, 0.6) is 0 Å².